The highest BCUT2D eigenvalue weighted by molar-refractivity contribution is 14.1. The molecular weight excluding hydrogens is 510 g/mol. The molecule has 0 spiro atoms. The van der Waals surface area contributed by atoms with Crippen LogP contribution in [-0.4, -0.2) is 23.5 Å². The first kappa shape index (κ1) is 21.2. The molecule has 6 nitrogen and oxygen atoms in total. The van der Waals surface area contributed by atoms with E-state index in [4.69, 9.17) is 21.7 Å². The van der Waals surface area contributed by atoms with Crippen molar-refractivity contribution in [2.75, 3.05) is 6.61 Å². The third kappa shape index (κ3) is 5.10. The first-order valence-electron chi connectivity index (χ1n) is 8.60. The summed E-state index contributed by atoms with van der Waals surface area (Å²) in [5.74, 6) is -0.626. The molecule has 0 bridgehead atoms. The van der Waals surface area contributed by atoms with Crippen molar-refractivity contribution < 1.29 is 23.5 Å². The second-order valence-corrected chi connectivity index (χ2v) is 7.51. The van der Waals surface area contributed by atoms with Gasteiger partial charge in [0.1, 0.15) is 18.0 Å². The number of halogens is 2. The van der Waals surface area contributed by atoms with E-state index in [2.05, 4.69) is 33.2 Å². The number of benzene rings is 2. The molecule has 1 aliphatic heterocycles. The van der Waals surface area contributed by atoms with Gasteiger partial charge in [-0.1, -0.05) is 18.2 Å². The number of thiocarbonyl (C=S) groups is 1. The van der Waals surface area contributed by atoms with E-state index >= 15 is 0 Å². The quantitative estimate of drug-likeness (QED) is 0.262. The Kier molecular flexibility index (Phi) is 6.80. The van der Waals surface area contributed by atoms with Crippen molar-refractivity contribution in [3.05, 3.63) is 62.5 Å². The van der Waals surface area contributed by atoms with Gasteiger partial charge in [-0.2, -0.15) is 0 Å². The van der Waals surface area contributed by atoms with E-state index in [0.29, 0.717) is 32.8 Å². The summed E-state index contributed by atoms with van der Waals surface area (Å²) >= 11 is 6.85. The lowest BCUT2D eigenvalue weighted by molar-refractivity contribution is -0.123. The minimum Gasteiger partial charge on any atom is -0.490 e. The molecule has 0 aromatic heterocycles. The van der Waals surface area contributed by atoms with Crippen LogP contribution in [0.15, 0.2) is 42.0 Å². The van der Waals surface area contributed by atoms with E-state index in [-0.39, 0.29) is 23.1 Å². The van der Waals surface area contributed by atoms with Gasteiger partial charge in [0.15, 0.2) is 16.6 Å². The Hall–Kier alpha value is -2.53. The highest BCUT2D eigenvalue weighted by Crippen LogP contribution is 2.35. The number of ether oxygens (including phenoxy) is 2. The maximum atomic E-state index is 13.9. The first-order valence-corrected chi connectivity index (χ1v) is 10.1. The average molecular weight is 526 g/mol. The van der Waals surface area contributed by atoms with Gasteiger partial charge in [-0.3, -0.25) is 20.2 Å². The maximum absolute atomic E-state index is 13.9. The molecule has 29 heavy (non-hydrogen) atoms. The molecule has 3 rings (SSSR count). The van der Waals surface area contributed by atoms with Crippen LogP contribution < -0.4 is 20.1 Å². The minimum absolute atomic E-state index is 0.0290. The van der Waals surface area contributed by atoms with Crippen LogP contribution in [0.2, 0.25) is 0 Å². The number of carbonyl (C=O) groups is 2. The fraction of sp³-hybridized carbons (Fsp3) is 0.150. The number of carbonyl (C=O) groups excluding carboxylic acids is 2. The fourth-order valence-corrected chi connectivity index (χ4v) is 3.58. The van der Waals surface area contributed by atoms with Gasteiger partial charge in [0.2, 0.25) is 0 Å². The molecule has 2 amide bonds. The summed E-state index contributed by atoms with van der Waals surface area (Å²) in [6, 6.07) is 9.75. The van der Waals surface area contributed by atoms with Crippen LogP contribution >= 0.6 is 34.8 Å². The molecule has 0 unspecified atom stereocenters. The maximum Gasteiger partial charge on any atom is 0.263 e. The van der Waals surface area contributed by atoms with Gasteiger partial charge in [0, 0.05) is 5.56 Å². The normalized spacial score (nSPS) is 13.6. The number of amides is 2. The zero-order valence-corrected chi connectivity index (χ0v) is 18.2. The summed E-state index contributed by atoms with van der Waals surface area (Å²) in [5.41, 5.74) is 0.921. The molecule has 2 N–H and O–H groups in total. The first-order chi connectivity index (χ1) is 13.9. The van der Waals surface area contributed by atoms with Gasteiger partial charge < -0.3 is 9.47 Å². The van der Waals surface area contributed by atoms with E-state index in [1.165, 1.54) is 12.1 Å². The van der Waals surface area contributed by atoms with Gasteiger partial charge in [-0.05, 0) is 71.6 Å². The molecule has 1 saturated heterocycles. The van der Waals surface area contributed by atoms with Crippen LogP contribution in [0.4, 0.5) is 4.39 Å². The Balaban J connectivity index is 1.91. The standard InChI is InChI=1S/C20H16FIN2O4S/c1-2-27-16-9-11(7-13-18(25)23-20(29)24-19(13)26)8-15(22)17(16)28-10-12-5-3-4-6-14(12)21/h3-9H,2,10H2,1H3,(H2,23,24,25,26,29). The summed E-state index contributed by atoms with van der Waals surface area (Å²) in [6.07, 6.45) is 1.44. The topological polar surface area (TPSA) is 76.7 Å². The zero-order valence-electron chi connectivity index (χ0n) is 15.3. The van der Waals surface area contributed by atoms with E-state index in [1.807, 2.05) is 6.92 Å². The van der Waals surface area contributed by atoms with Gasteiger partial charge in [-0.15, -0.1) is 0 Å². The van der Waals surface area contributed by atoms with Gasteiger partial charge in [0.25, 0.3) is 11.8 Å². The number of nitrogens with one attached hydrogen (secondary N) is 2. The molecule has 0 saturated carbocycles. The SMILES string of the molecule is CCOc1cc(C=C2C(=O)NC(=S)NC2=O)cc(I)c1OCc1ccccc1F. The Labute approximate surface area is 185 Å². The van der Waals surface area contributed by atoms with Crippen LogP contribution in [0, 0.1) is 9.39 Å². The van der Waals surface area contributed by atoms with E-state index in [9.17, 15) is 14.0 Å². The van der Waals surface area contributed by atoms with Crippen molar-refractivity contribution in [1.29, 1.82) is 0 Å². The summed E-state index contributed by atoms with van der Waals surface area (Å²) < 4.78 is 26.0. The van der Waals surface area contributed by atoms with Crippen LogP contribution in [0.3, 0.4) is 0 Å². The lowest BCUT2D eigenvalue weighted by Crippen LogP contribution is -2.51. The van der Waals surface area contributed by atoms with Crippen molar-refractivity contribution >= 4 is 57.8 Å². The van der Waals surface area contributed by atoms with Crippen LogP contribution in [-0.2, 0) is 16.2 Å². The Bertz CT molecular complexity index is 1000. The fourth-order valence-electron chi connectivity index (χ4n) is 2.61. The van der Waals surface area contributed by atoms with Gasteiger partial charge in [-0.25, -0.2) is 4.39 Å². The monoisotopic (exact) mass is 526 g/mol. The smallest absolute Gasteiger partial charge is 0.263 e. The number of rotatable bonds is 6. The molecule has 0 aliphatic carbocycles. The molecule has 9 heteroatoms. The second kappa shape index (κ2) is 9.31. The predicted molar refractivity (Wildman–Crippen MR) is 118 cm³/mol. The molecule has 2 aromatic carbocycles. The van der Waals surface area contributed by atoms with Crippen molar-refractivity contribution in [3.8, 4) is 11.5 Å². The summed E-state index contributed by atoms with van der Waals surface area (Å²) in [7, 11) is 0. The Morgan fingerprint density at radius 1 is 1.14 bits per heavy atom. The minimum atomic E-state index is -0.577. The Morgan fingerprint density at radius 2 is 1.83 bits per heavy atom. The lowest BCUT2D eigenvalue weighted by Gasteiger charge is -2.17. The lowest BCUT2D eigenvalue weighted by atomic mass is 10.1. The van der Waals surface area contributed by atoms with Crippen molar-refractivity contribution in [2.45, 2.75) is 13.5 Å². The molecular formula is C20H16FIN2O4S. The van der Waals surface area contributed by atoms with E-state index < -0.39 is 11.8 Å². The van der Waals surface area contributed by atoms with E-state index in [1.54, 1.807) is 30.3 Å². The van der Waals surface area contributed by atoms with Crippen molar-refractivity contribution in [3.63, 3.8) is 0 Å². The molecule has 1 fully saturated rings. The summed E-state index contributed by atoms with van der Waals surface area (Å²) in [6.45, 7) is 2.23. The molecule has 150 valence electrons. The van der Waals surface area contributed by atoms with Crippen molar-refractivity contribution in [2.24, 2.45) is 0 Å². The largest absolute Gasteiger partial charge is 0.490 e. The number of hydrogen-bond acceptors (Lipinski definition) is 5. The van der Waals surface area contributed by atoms with Crippen LogP contribution in [0.25, 0.3) is 6.08 Å². The molecule has 0 atom stereocenters. The third-order valence-corrected chi connectivity index (χ3v) is 4.92. The second-order valence-electron chi connectivity index (χ2n) is 5.94. The zero-order chi connectivity index (χ0) is 21.0. The molecule has 1 heterocycles. The predicted octanol–water partition coefficient (Wildman–Crippen LogP) is 3.32. The molecule has 0 radical (unpaired) electrons. The number of hydrogen-bond donors (Lipinski definition) is 2. The summed E-state index contributed by atoms with van der Waals surface area (Å²) in [4.78, 5) is 24.1. The Morgan fingerprint density at radius 3 is 2.48 bits per heavy atom. The van der Waals surface area contributed by atoms with E-state index in [0.717, 1.165) is 0 Å². The van der Waals surface area contributed by atoms with Gasteiger partial charge >= 0.3 is 0 Å². The average Bonchev–Trinajstić information content (AvgIpc) is 2.65. The highest BCUT2D eigenvalue weighted by atomic mass is 127. The van der Waals surface area contributed by atoms with Crippen molar-refractivity contribution in [1.82, 2.24) is 10.6 Å². The van der Waals surface area contributed by atoms with Gasteiger partial charge in [0.05, 0.1) is 10.2 Å². The van der Waals surface area contributed by atoms with Crippen LogP contribution in [0.5, 0.6) is 11.5 Å². The van der Waals surface area contributed by atoms with Crippen LogP contribution in [0.1, 0.15) is 18.1 Å². The summed E-state index contributed by atoms with van der Waals surface area (Å²) in [5, 5.41) is 4.75. The third-order valence-electron chi connectivity index (χ3n) is 3.92. The highest BCUT2D eigenvalue weighted by Gasteiger charge is 2.26. The molecule has 2 aromatic rings. The molecule has 1 aliphatic rings.